The fourth-order valence-electron chi connectivity index (χ4n) is 4.21. The minimum Gasteiger partial charge on any atom is -0.377 e. The molecule has 1 aliphatic carbocycles. The Morgan fingerprint density at radius 3 is 2.61 bits per heavy atom. The zero-order valence-corrected chi connectivity index (χ0v) is 15.0. The summed E-state index contributed by atoms with van der Waals surface area (Å²) in [7, 11) is -3.11. The highest BCUT2D eigenvalue weighted by Crippen LogP contribution is 2.51. The van der Waals surface area contributed by atoms with Gasteiger partial charge < -0.3 is 10.1 Å². The molecule has 1 saturated carbocycles. The van der Waals surface area contributed by atoms with Gasteiger partial charge in [-0.2, -0.15) is 0 Å². The van der Waals surface area contributed by atoms with Crippen molar-refractivity contribution in [3.05, 3.63) is 29.8 Å². The van der Waals surface area contributed by atoms with Crippen LogP contribution >= 0.6 is 0 Å². The first-order chi connectivity index (χ1) is 10.8. The van der Waals surface area contributed by atoms with Gasteiger partial charge >= 0.3 is 0 Å². The molecular formula is C18H27NO3S. The Morgan fingerprint density at radius 1 is 1.26 bits per heavy atom. The number of sulfone groups is 1. The molecule has 0 aromatic heterocycles. The smallest absolute Gasteiger partial charge is 0.175 e. The molecular weight excluding hydrogens is 310 g/mol. The summed E-state index contributed by atoms with van der Waals surface area (Å²) in [4.78, 5) is 0.386. The highest BCUT2D eigenvalue weighted by atomic mass is 32.2. The van der Waals surface area contributed by atoms with Gasteiger partial charge in [0.2, 0.25) is 0 Å². The normalized spacial score (nSPS) is 29.6. The lowest BCUT2D eigenvalue weighted by Gasteiger charge is -2.60. The van der Waals surface area contributed by atoms with E-state index in [-0.39, 0.29) is 5.41 Å². The summed E-state index contributed by atoms with van der Waals surface area (Å²) in [5.74, 6) is 0.645. The zero-order chi connectivity index (χ0) is 16.7. The Balaban J connectivity index is 1.53. The van der Waals surface area contributed by atoms with E-state index in [0.29, 0.717) is 23.0 Å². The summed E-state index contributed by atoms with van der Waals surface area (Å²) in [6.07, 6.45) is 4.99. The molecule has 0 bridgehead atoms. The minimum absolute atomic E-state index is 0.200. The molecule has 5 heteroatoms. The summed E-state index contributed by atoms with van der Waals surface area (Å²) < 4.78 is 28.9. The van der Waals surface area contributed by atoms with E-state index in [1.54, 1.807) is 12.1 Å². The molecule has 1 heterocycles. The van der Waals surface area contributed by atoms with Crippen LogP contribution in [-0.2, 0) is 21.0 Å². The molecule has 2 fully saturated rings. The van der Waals surface area contributed by atoms with Crippen LogP contribution in [0, 0.1) is 11.3 Å². The van der Waals surface area contributed by atoms with Crippen LogP contribution in [0.3, 0.4) is 0 Å². The number of rotatable bonds is 5. The molecule has 3 rings (SSSR count). The highest BCUT2D eigenvalue weighted by molar-refractivity contribution is 7.90. The monoisotopic (exact) mass is 337 g/mol. The van der Waals surface area contributed by atoms with E-state index < -0.39 is 9.84 Å². The van der Waals surface area contributed by atoms with Crippen LogP contribution < -0.4 is 5.32 Å². The number of hydrogen-bond donors (Lipinski definition) is 1. The molecule has 0 spiro atoms. The second-order valence-electron chi connectivity index (χ2n) is 7.52. The Kier molecular flexibility index (Phi) is 4.55. The summed E-state index contributed by atoms with van der Waals surface area (Å²) in [5.41, 5.74) is 1.36. The van der Waals surface area contributed by atoms with Gasteiger partial charge in [-0.3, -0.25) is 0 Å². The van der Waals surface area contributed by atoms with Crippen LogP contribution in [0.15, 0.2) is 29.2 Å². The molecule has 1 aliphatic heterocycles. The average molecular weight is 337 g/mol. The fraction of sp³-hybridized carbons (Fsp3) is 0.667. The number of benzene rings is 1. The number of ether oxygens (including phenoxy) is 1. The molecule has 0 unspecified atom stereocenters. The predicted octanol–water partition coefficient (Wildman–Crippen LogP) is 2.43. The van der Waals surface area contributed by atoms with Crippen LogP contribution in [-0.4, -0.2) is 40.0 Å². The second kappa shape index (κ2) is 6.19. The van der Waals surface area contributed by atoms with Crippen LogP contribution in [0.5, 0.6) is 0 Å². The third-order valence-corrected chi connectivity index (χ3v) is 6.59. The van der Waals surface area contributed by atoms with Gasteiger partial charge in [-0.25, -0.2) is 8.42 Å². The van der Waals surface area contributed by atoms with Crippen LogP contribution in [0.2, 0.25) is 0 Å². The molecule has 1 saturated heterocycles. The van der Waals surface area contributed by atoms with E-state index in [1.807, 2.05) is 12.1 Å². The third kappa shape index (κ3) is 3.32. The molecule has 2 aliphatic rings. The van der Waals surface area contributed by atoms with Crippen molar-refractivity contribution in [2.45, 2.75) is 50.2 Å². The van der Waals surface area contributed by atoms with E-state index in [1.165, 1.54) is 24.7 Å². The standard InChI is InChI=1S/C18H27NO3S/c1-18(2)16(15-5-4-12-22-17(15)18)19-11-10-13-6-8-14(9-7-13)23(3,20)21/h6-9,15-17,19H,4-5,10-12H2,1-3H3/t15-,16+,17+/m0/s1. The Bertz CT molecular complexity index is 651. The van der Waals surface area contributed by atoms with E-state index in [0.717, 1.165) is 19.6 Å². The van der Waals surface area contributed by atoms with Gasteiger partial charge in [0.15, 0.2) is 9.84 Å². The highest BCUT2D eigenvalue weighted by Gasteiger charge is 2.57. The Hall–Kier alpha value is -0.910. The fourth-order valence-corrected chi connectivity index (χ4v) is 4.84. The van der Waals surface area contributed by atoms with E-state index in [4.69, 9.17) is 4.74 Å². The molecule has 1 aromatic rings. The Labute approximate surface area is 139 Å². The predicted molar refractivity (Wildman–Crippen MR) is 91.3 cm³/mol. The maximum absolute atomic E-state index is 11.5. The summed E-state index contributed by atoms with van der Waals surface area (Å²) >= 11 is 0. The number of nitrogens with one attached hydrogen (secondary N) is 1. The van der Waals surface area contributed by atoms with Gasteiger partial charge in [-0.05, 0) is 43.5 Å². The lowest BCUT2D eigenvalue weighted by Crippen LogP contribution is -2.69. The van der Waals surface area contributed by atoms with Gasteiger partial charge in [0.05, 0.1) is 11.0 Å². The topological polar surface area (TPSA) is 55.4 Å². The van der Waals surface area contributed by atoms with Gasteiger partial charge in [0.1, 0.15) is 0 Å². The van der Waals surface area contributed by atoms with Crippen molar-refractivity contribution in [3.63, 3.8) is 0 Å². The number of fused-ring (bicyclic) bond motifs is 1. The van der Waals surface area contributed by atoms with Crippen molar-refractivity contribution in [3.8, 4) is 0 Å². The van der Waals surface area contributed by atoms with Crippen molar-refractivity contribution in [1.29, 1.82) is 0 Å². The second-order valence-corrected chi connectivity index (χ2v) is 9.53. The van der Waals surface area contributed by atoms with E-state index in [9.17, 15) is 8.42 Å². The van der Waals surface area contributed by atoms with Crippen LogP contribution in [0.4, 0.5) is 0 Å². The lowest BCUT2D eigenvalue weighted by atomic mass is 9.55. The molecule has 1 aromatic carbocycles. The van der Waals surface area contributed by atoms with Crippen molar-refractivity contribution < 1.29 is 13.2 Å². The SMILES string of the molecule is CC1(C)[C@H](NCCc2ccc(S(C)(=O)=O)cc2)[C@@H]2CCCO[C@H]21. The van der Waals surface area contributed by atoms with Gasteiger partial charge in [0.25, 0.3) is 0 Å². The van der Waals surface area contributed by atoms with Crippen molar-refractivity contribution in [2.75, 3.05) is 19.4 Å². The minimum atomic E-state index is -3.11. The van der Waals surface area contributed by atoms with Gasteiger partial charge in [0, 0.05) is 30.2 Å². The van der Waals surface area contributed by atoms with Gasteiger partial charge in [-0.1, -0.05) is 26.0 Å². The molecule has 128 valence electrons. The summed E-state index contributed by atoms with van der Waals surface area (Å²) in [6.45, 7) is 6.40. The quantitative estimate of drug-likeness (QED) is 0.896. The molecule has 0 radical (unpaired) electrons. The number of hydrogen-bond acceptors (Lipinski definition) is 4. The van der Waals surface area contributed by atoms with E-state index in [2.05, 4.69) is 19.2 Å². The third-order valence-electron chi connectivity index (χ3n) is 5.46. The van der Waals surface area contributed by atoms with Crippen molar-refractivity contribution in [1.82, 2.24) is 5.32 Å². The maximum atomic E-state index is 11.5. The average Bonchev–Trinajstić information content (AvgIpc) is 2.51. The summed E-state index contributed by atoms with van der Waals surface area (Å²) in [5, 5.41) is 3.70. The molecule has 1 N–H and O–H groups in total. The molecule has 0 amide bonds. The van der Waals surface area contributed by atoms with Crippen molar-refractivity contribution in [2.24, 2.45) is 11.3 Å². The molecule has 23 heavy (non-hydrogen) atoms. The first-order valence-corrected chi connectivity index (χ1v) is 10.3. The lowest BCUT2D eigenvalue weighted by molar-refractivity contribution is -0.192. The van der Waals surface area contributed by atoms with Crippen LogP contribution in [0.1, 0.15) is 32.3 Å². The van der Waals surface area contributed by atoms with Gasteiger partial charge in [-0.15, -0.1) is 0 Å². The largest absolute Gasteiger partial charge is 0.377 e. The van der Waals surface area contributed by atoms with Crippen LogP contribution in [0.25, 0.3) is 0 Å². The van der Waals surface area contributed by atoms with Crippen molar-refractivity contribution >= 4 is 9.84 Å². The molecule has 3 atom stereocenters. The maximum Gasteiger partial charge on any atom is 0.175 e. The molecule has 4 nitrogen and oxygen atoms in total. The Morgan fingerprint density at radius 2 is 1.96 bits per heavy atom. The zero-order valence-electron chi connectivity index (χ0n) is 14.2. The van der Waals surface area contributed by atoms with E-state index >= 15 is 0 Å². The first-order valence-electron chi connectivity index (χ1n) is 8.44. The first kappa shape index (κ1) is 16.9. The summed E-state index contributed by atoms with van der Waals surface area (Å²) in [6, 6.07) is 7.74.